The van der Waals surface area contributed by atoms with E-state index in [0.717, 1.165) is 5.56 Å². The van der Waals surface area contributed by atoms with E-state index in [0.29, 0.717) is 38.1 Å². The van der Waals surface area contributed by atoms with Crippen molar-refractivity contribution in [3.63, 3.8) is 0 Å². The predicted octanol–water partition coefficient (Wildman–Crippen LogP) is 2.16. The molecule has 0 N–H and O–H groups in total. The van der Waals surface area contributed by atoms with E-state index < -0.39 is 15.9 Å². The van der Waals surface area contributed by atoms with Gasteiger partial charge in [-0.2, -0.15) is 4.31 Å². The van der Waals surface area contributed by atoms with Crippen molar-refractivity contribution in [2.75, 3.05) is 46.4 Å². The van der Waals surface area contributed by atoms with E-state index in [4.69, 9.17) is 4.74 Å². The zero-order valence-corrected chi connectivity index (χ0v) is 20.7. The molecule has 0 atom stereocenters. The first-order valence-electron chi connectivity index (χ1n) is 11.6. The van der Waals surface area contributed by atoms with Crippen LogP contribution < -0.4 is 0 Å². The highest BCUT2D eigenvalue weighted by atomic mass is 32.2. The van der Waals surface area contributed by atoms with E-state index in [1.54, 1.807) is 42.3 Å². The summed E-state index contributed by atoms with van der Waals surface area (Å²) >= 11 is 0. The van der Waals surface area contributed by atoms with Crippen LogP contribution in [0, 0.1) is 6.92 Å². The zero-order chi connectivity index (χ0) is 25.2. The third kappa shape index (κ3) is 5.00. The number of methoxy groups -OCH3 is 1. The molecule has 10 heteroatoms. The molecule has 1 saturated heterocycles. The van der Waals surface area contributed by atoms with Gasteiger partial charge in [-0.25, -0.2) is 8.42 Å². The van der Waals surface area contributed by atoms with Gasteiger partial charge < -0.3 is 9.64 Å². The molecule has 0 saturated carbocycles. The topological polar surface area (TPSA) is 104 Å². The van der Waals surface area contributed by atoms with E-state index in [9.17, 15) is 22.8 Å². The monoisotopic (exact) mass is 499 g/mol. The highest BCUT2D eigenvalue weighted by Crippen LogP contribution is 2.25. The molecule has 0 aromatic heterocycles. The van der Waals surface area contributed by atoms with Gasteiger partial charge >= 0.3 is 0 Å². The van der Waals surface area contributed by atoms with Crippen LogP contribution in [0.3, 0.4) is 0 Å². The van der Waals surface area contributed by atoms with Gasteiger partial charge in [0.05, 0.1) is 16.0 Å². The number of aryl methyl sites for hydroxylation is 1. The molecule has 2 heterocycles. The summed E-state index contributed by atoms with van der Waals surface area (Å²) < 4.78 is 32.5. The number of hydrogen-bond donors (Lipinski definition) is 0. The van der Waals surface area contributed by atoms with Gasteiger partial charge in [-0.3, -0.25) is 19.3 Å². The van der Waals surface area contributed by atoms with Gasteiger partial charge in [-0.1, -0.05) is 17.7 Å². The van der Waals surface area contributed by atoms with Crippen molar-refractivity contribution in [1.29, 1.82) is 0 Å². The minimum atomic E-state index is -3.65. The number of amides is 3. The van der Waals surface area contributed by atoms with Crippen LogP contribution in [-0.2, 0) is 14.8 Å². The molecular weight excluding hydrogens is 470 g/mol. The Morgan fingerprint density at radius 1 is 0.943 bits per heavy atom. The fourth-order valence-electron chi connectivity index (χ4n) is 4.37. The molecule has 3 amide bonds. The maximum atomic E-state index is 13.2. The molecule has 186 valence electrons. The Hall–Kier alpha value is -3.08. The van der Waals surface area contributed by atoms with Gasteiger partial charge in [0, 0.05) is 52.0 Å². The van der Waals surface area contributed by atoms with E-state index in [1.165, 1.54) is 21.3 Å². The van der Waals surface area contributed by atoms with Gasteiger partial charge in [0.25, 0.3) is 17.7 Å². The second kappa shape index (κ2) is 10.3. The van der Waals surface area contributed by atoms with Crippen molar-refractivity contribution in [1.82, 2.24) is 14.1 Å². The molecule has 4 rings (SSSR count). The maximum Gasteiger partial charge on any atom is 0.261 e. The molecule has 2 aromatic carbocycles. The van der Waals surface area contributed by atoms with Crippen molar-refractivity contribution < 1.29 is 27.5 Å². The van der Waals surface area contributed by atoms with Crippen molar-refractivity contribution in [3.05, 3.63) is 64.7 Å². The number of carbonyl (C=O) groups excluding carboxylic acids is 3. The van der Waals surface area contributed by atoms with Crippen molar-refractivity contribution in [2.45, 2.75) is 24.7 Å². The largest absolute Gasteiger partial charge is 0.385 e. The average molecular weight is 500 g/mol. The number of nitrogens with zero attached hydrogens (tertiary/aromatic N) is 3. The highest BCUT2D eigenvalue weighted by molar-refractivity contribution is 7.89. The number of imide groups is 1. The van der Waals surface area contributed by atoms with Crippen molar-refractivity contribution >= 4 is 27.7 Å². The third-order valence-electron chi connectivity index (χ3n) is 6.35. The molecule has 1 fully saturated rings. The second-order valence-electron chi connectivity index (χ2n) is 8.73. The fourth-order valence-corrected chi connectivity index (χ4v) is 5.84. The number of hydrogen-bond acceptors (Lipinski definition) is 6. The van der Waals surface area contributed by atoms with Crippen LogP contribution in [0.4, 0.5) is 0 Å². The van der Waals surface area contributed by atoms with E-state index in [2.05, 4.69) is 0 Å². The SMILES string of the molecule is COCCCN1C(=O)c2ccc(C(=O)N3CCCN(S(=O)(=O)c4ccc(C)cc4)CC3)cc2C1=O. The lowest BCUT2D eigenvalue weighted by Crippen LogP contribution is -2.37. The number of fused-ring (bicyclic) bond motifs is 1. The van der Waals surface area contributed by atoms with E-state index in [-0.39, 0.29) is 47.5 Å². The minimum absolute atomic E-state index is 0.178. The Morgan fingerprint density at radius 2 is 1.66 bits per heavy atom. The Morgan fingerprint density at radius 3 is 2.37 bits per heavy atom. The first kappa shape index (κ1) is 25.0. The van der Waals surface area contributed by atoms with Gasteiger partial charge in [0.2, 0.25) is 10.0 Å². The smallest absolute Gasteiger partial charge is 0.261 e. The van der Waals surface area contributed by atoms with Crippen LogP contribution in [0.25, 0.3) is 0 Å². The Labute approximate surface area is 205 Å². The number of benzene rings is 2. The summed E-state index contributed by atoms with van der Waals surface area (Å²) in [7, 11) is -2.10. The molecule has 0 aliphatic carbocycles. The number of rotatable bonds is 7. The van der Waals surface area contributed by atoms with Crippen LogP contribution in [-0.4, -0.2) is 86.7 Å². The molecule has 35 heavy (non-hydrogen) atoms. The minimum Gasteiger partial charge on any atom is -0.385 e. The quantitative estimate of drug-likeness (QED) is 0.427. The Balaban J connectivity index is 1.46. The molecule has 0 unspecified atom stereocenters. The zero-order valence-electron chi connectivity index (χ0n) is 19.9. The lowest BCUT2D eigenvalue weighted by atomic mass is 10.0. The van der Waals surface area contributed by atoms with Crippen LogP contribution in [0.1, 0.15) is 49.5 Å². The third-order valence-corrected chi connectivity index (χ3v) is 8.26. The summed E-state index contributed by atoms with van der Waals surface area (Å²) in [5.74, 6) is -1.07. The summed E-state index contributed by atoms with van der Waals surface area (Å²) in [6, 6.07) is 11.3. The molecule has 9 nitrogen and oxygen atoms in total. The van der Waals surface area contributed by atoms with E-state index >= 15 is 0 Å². The molecule has 2 aliphatic heterocycles. The Kier molecular flexibility index (Phi) is 7.34. The molecular formula is C25H29N3O6S. The maximum absolute atomic E-state index is 13.2. The standard InChI is InChI=1S/C25H29N3O6S/c1-18-5-8-20(9-6-18)35(32,33)27-12-3-11-26(14-15-27)23(29)19-7-10-21-22(17-19)25(31)28(24(21)30)13-4-16-34-2/h5-10,17H,3-4,11-16H2,1-2H3. The first-order valence-corrected chi connectivity index (χ1v) is 13.0. The van der Waals surface area contributed by atoms with Gasteiger partial charge in [0.15, 0.2) is 0 Å². The first-order chi connectivity index (χ1) is 16.7. The summed E-state index contributed by atoms with van der Waals surface area (Å²) in [5, 5.41) is 0. The van der Waals surface area contributed by atoms with Gasteiger partial charge in [0.1, 0.15) is 0 Å². The molecule has 2 aromatic rings. The lowest BCUT2D eigenvalue weighted by molar-refractivity contribution is 0.0638. The van der Waals surface area contributed by atoms with Crippen LogP contribution in [0.2, 0.25) is 0 Å². The molecule has 0 bridgehead atoms. The summed E-state index contributed by atoms with van der Waals surface area (Å²) in [5.41, 5.74) is 1.79. The highest BCUT2D eigenvalue weighted by Gasteiger charge is 2.36. The fraction of sp³-hybridized carbons (Fsp3) is 0.400. The van der Waals surface area contributed by atoms with Crippen LogP contribution in [0.5, 0.6) is 0 Å². The Bertz CT molecular complexity index is 1240. The number of sulfonamides is 1. The van der Waals surface area contributed by atoms with Crippen molar-refractivity contribution in [2.24, 2.45) is 0 Å². The summed E-state index contributed by atoms with van der Waals surface area (Å²) in [6.45, 7) is 3.70. The lowest BCUT2D eigenvalue weighted by Gasteiger charge is -2.22. The number of ether oxygens (including phenoxy) is 1. The second-order valence-corrected chi connectivity index (χ2v) is 10.7. The van der Waals surface area contributed by atoms with Crippen molar-refractivity contribution in [3.8, 4) is 0 Å². The average Bonchev–Trinajstić information content (AvgIpc) is 3.02. The summed E-state index contributed by atoms with van der Waals surface area (Å²) in [4.78, 5) is 41.6. The predicted molar refractivity (Wildman–Crippen MR) is 129 cm³/mol. The number of carbonyl (C=O) groups is 3. The van der Waals surface area contributed by atoms with Gasteiger partial charge in [-0.15, -0.1) is 0 Å². The van der Waals surface area contributed by atoms with E-state index in [1.807, 2.05) is 6.92 Å². The van der Waals surface area contributed by atoms with Crippen LogP contribution >= 0.6 is 0 Å². The normalized spacial score (nSPS) is 17.0. The summed E-state index contributed by atoms with van der Waals surface area (Å²) in [6.07, 6.45) is 1.02. The molecule has 2 aliphatic rings. The van der Waals surface area contributed by atoms with Crippen LogP contribution in [0.15, 0.2) is 47.4 Å². The van der Waals surface area contributed by atoms with Gasteiger partial charge in [-0.05, 0) is 50.1 Å². The molecule has 0 radical (unpaired) electrons. The molecule has 0 spiro atoms.